The minimum atomic E-state index is -3.66. The number of sulfonamides is 1. The highest BCUT2D eigenvalue weighted by atomic mass is 35.5. The molecule has 1 aromatic carbocycles. The standard InChI is InChI=1S/C18H25ClN2O4S/c1-2-7-20(13-14-3-4-14)18(22)16-12-15(5-6-17(16)19)26(23,24)21-8-10-25-11-9-21/h5-6,12,14H,2-4,7-11,13H2,1H3. The van der Waals surface area contributed by atoms with Crippen LogP contribution in [0.4, 0.5) is 0 Å². The van der Waals surface area contributed by atoms with Crippen molar-refractivity contribution in [3.63, 3.8) is 0 Å². The molecule has 1 heterocycles. The lowest BCUT2D eigenvalue weighted by Gasteiger charge is -2.27. The zero-order valence-electron chi connectivity index (χ0n) is 15.0. The van der Waals surface area contributed by atoms with Crippen molar-refractivity contribution >= 4 is 27.5 Å². The van der Waals surface area contributed by atoms with E-state index in [9.17, 15) is 13.2 Å². The van der Waals surface area contributed by atoms with Gasteiger partial charge in [-0.3, -0.25) is 4.79 Å². The predicted octanol–water partition coefficient (Wildman–Crippen LogP) is 2.62. The maximum absolute atomic E-state index is 13.0. The van der Waals surface area contributed by atoms with Crippen LogP contribution >= 0.6 is 11.6 Å². The second-order valence-electron chi connectivity index (χ2n) is 6.85. The molecule has 0 radical (unpaired) electrons. The molecule has 0 aromatic heterocycles. The first kappa shape index (κ1) is 19.6. The number of hydrogen-bond donors (Lipinski definition) is 0. The van der Waals surface area contributed by atoms with Crippen molar-refractivity contribution < 1.29 is 17.9 Å². The summed E-state index contributed by atoms with van der Waals surface area (Å²) >= 11 is 6.25. The van der Waals surface area contributed by atoms with Crippen LogP contribution in [-0.4, -0.2) is 62.9 Å². The summed E-state index contributed by atoms with van der Waals surface area (Å²) in [5.41, 5.74) is 0.259. The van der Waals surface area contributed by atoms with Crippen molar-refractivity contribution in [2.75, 3.05) is 39.4 Å². The topological polar surface area (TPSA) is 66.9 Å². The van der Waals surface area contributed by atoms with Crippen LogP contribution in [0.25, 0.3) is 0 Å². The SMILES string of the molecule is CCCN(CC1CC1)C(=O)c1cc(S(=O)(=O)N2CCOCC2)ccc1Cl. The molecule has 3 rings (SSSR count). The number of nitrogens with zero attached hydrogens (tertiary/aromatic N) is 2. The van der Waals surface area contributed by atoms with Crippen molar-refractivity contribution in [2.45, 2.75) is 31.1 Å². The number of carbonyl (C=O) groups is 1. The van der Waals surface area contributed by atoms with Gasteiger partial charge in [0.05, 0.1) is 28.7 Å². The Morgan fingerprint density at radius 3 is 2.62 bits per heavy atom. The van der Waals surface area contributed by atoms with Crippen LogP contribution in [0.1, 0.15) is 36.5 Å². The second-order valence-corrected chi connectivity index (χ2v) is 9.20. The van der Waals surface area contributed by atoms with Gasteiger partial charge in [-0.25, -0.2) is 8.42 Å². The Labute approximate surface area is 160 Å². The van der Waals surface area contributed by atoms with Crippen LogP contribution in [0.5, 0.6) is 0 Å². The summed E-state index contributed by atoms with van der Waals surface area (Å²) in [6, 6.07) is 4.39. The van der Waals surface area contributed by atoms with Crippen molar-refractivity contribution in [1.29, 1.82) is 0 Å². The molecular formula is C18H25ClN2O4S. The van der Waals surface area contributed by atoms with E-state index in [2.05, 4.69) is 0 Å². The first-order valence-corrected chi connectivity index (χ1v) is 10.9. The Bertz CT molecular complexity index is 758. The lowest BCUT2D eigenvalue weighted by molar-refractivity contribution is 0.0729. The minimum absolute atomic E-state index is 0.107. The molecule has 6 nitrogen and oxygen atoms in total. The number of hydrogen-bond acceptors (Lipinski definition) is 4. The van der Waals surface area contributed by atoms with E-state index < -0.39 is 10.0 Å². The smallest absolute Gasteiger partial charge is 0.255 e. The highest BCUT2D eigenvalue weighted by Crippen LogP contribution is 2.31. The van der Waals surface area contributed by atoms with Crippen molar-refractivity contribution in [3.8, 4) is 0 Å². The highest BCUT2D eigenvalue weighted by Gasteiger charge is 2.30. The number of benzene rings is 1. The van der Waals surface area contributed by atoms with Crippen molar-refractivity contribution in [2.24, 2.45) is 5.92 Å². The third-order valence-corrected chi connectivity index (χ3v) is 6.96. The van der Waals surface area contributed by atoms with Gasteiger partial charge in [-0.2, -0.15) is 4.31 Å². The van der Waals surface area contributed by atoms with E-state index in [1.165, 1.54) is 22.5 Å². The van der Waals surface area contributed by atoms with E-state index in [-0.39, 0.29) is 21.4 Å². The molecule has 1 aliphatic heterocycles. The van der Waals surface area contributed by atoms with Gasteiger partial charge in [-0.05, 0) is 43.4 Å². The molecule has 0 atom stereocenters. The molecule has 0 bridgehead atoms. The number of carbonyl (C=O) groups excluding carboxylic acids is 1. The van der Waals surface area contributed by atoms with Crippen LogP contribution in [0.15, 0.2) is 23.1 Å². The van der Waals surface area contributed by atoms with Gasteiger partial charge in [0.1, 0.15) is 0 Å². The molecule has 1 saturated heterocycles. The van der Waals surface area contributed by atoms with E-state index in [4.69, 9.17) is 16.3 Å². The third-order valence-electron chi connectivity index (χ3n) is 4.73. The lowest BCUT2D eigenvalue weighted by atomic mass is 10.2. The number of amides is 1. The van der Waals surface area contributed by atoms with Crippen LogP contribution in [0.3, 0.4) is 0 Å². The zero-order chi connectivity index (χ0) is 18.7. The summed E-state index contributed by atoms with van der Waals surface area (Å²) in [5, 5.41) is 0.285. The number of rotatable bonds is 7. The zero-order valence-corrected chi connectivity index (χ0v) is 16.6. The summed E-state index contributed by atoms with van der Waals surface area (Å²) in [7, 11) is -3.66. The van der Waals surface area contributed by atoms with Crippen LogP contribution in [-0.2, 0) is 14.8 Å². The van der Waals surface area contributed by atoms with Crippen LogP contribution in [0, 0.1) is 5.92 Å². The first-order chi connectivity index (χ1) is 12.4. The fourth-order valence-corrected chi connectivity index (χ4v) is 4.73. The average molecular weight is 401 g/mol. The molecule has 0 spiro atoms. The molecule has 0 N–H and O–H groups in total. The molecular weight excluding hydrogens is 376 g/mol. The average Bonchev–Trinajstić information content (AvgIpc) is 3.46. The normalized spacial score (nSPS) is 18.7. The van der Waals surface area contributed by atoms with E-state index in [1.54, 1.807) is 4.90 Å². The predicted molar refractivity (Wildman–Crippen MR) is 99.9 cm³/mol. The summed E-state index contributed by atoms with van der Waals surface area (Å²) in [6.07, 6.45) is 3.14. The molecule has 0 unspecified atom stereocenters. The van der Waals surface area contributed by atoms with Gasteiger partial charge in [0.15, 0.2) is 0 Å². The summed E-state index contributed by atoms with van der Waals surface area (Å²) in [4.78, 5) is 14.9. The fourth-order valence-electron chi connectivity index (χ4n) is 3.09. The number of halogens is 1. The van der Waals surface area contributed by atoms with Gasteiger partial charge < -0.3 is 9.64 Å². The van der Waals surface area contributed by atoms with Gasteiger partial charge in [0.25, 0.3) is 5.91 Å². The highest BCUT2D eigenvalue weighted by molar-refractivity contribution is 7.89. The summed E-state index contributed by atoms with van der Waals surface area (Å²) in [6.45, 7) is 4.77. The third kappa shape index (κ3) is 4.39. The summed E-state index contributed by atoms with van der Waals surface area (Å²) < 4.78 is 32.3. The molecule has 144 valence electrons. The molecule has 8 heteroatoms. The maximum atomic E-state index is 13.0. The largest absolute Gasteiger partial charge is 0.379 e. The Morgan fingerprint density at radius 1 is 1.31 bits per heavy atom. The van der Waals surface area contributed by atoms with Gasteiger partial charge in [0, 0.05) is 26.2 Å². The Morgan fingerprint density at radius 2 is 2.00 bits per heavy atom. The van der Waals surface area contributed by atoms with Crippen molar-refractivity contribution in [3.05, 3.63) is 28.8 Å². The Hall–Kier alpha value is -1.15. The van der Waals surface area contributed by atoms with Gasteiger partial charge in [0.2, 0.25) is 10.0 Å². The number of morpholine rings is 1. The molecule has 2 fully saturated rings. The van der Waals surface area contributed by atoms with E-state index in [1.807, 2.05) is 6.92 Å². The summed E-state index contributed by atoms with van der Waals surface area (Å²) in [5.74, 6) is 0.368. The van der Waals surface area contributed by atoms with E-state index in [0.29, 0.717) is 45.3 Å². The van der Waals surface area contributed by atoms with E-state index >= 15 is 0 Å². The molecule has 1 aromatic rings. The van der Waals surface area contributed by atoms with Gasteiger partial charge >= 0.3 is 0 Å². The monoisotopic (exact) mass is 400 g/mol. The fraction of sp³-hybridized carbons (Fsp3) is 0.611. The quantitative estimate of drug-likeness (QED) is 0.705. The van der Waals surface area contributed by atoms with Crippen LogP contribution in [0.2, 0.25) is 5.02 Å². The van der Waals surface area contributed by atoms with Gasteiger partial charge in [-0.15, -0.1) is 0 Å². The number of ether oxygens (including phenoxy) is 1. The van der Waals surface area contributed by atoms with Gasteiger partial charge in [-0.1, -0.05) is 18.5 Å². The second kappa shape index (κ2) is 8.25. The molecule has 26 heavy (non-hydrogen) atoms. The van der Waals surface area contributed by atoms with Crippen LogP contribution < -0.4 is 0 Å². The Balaban J connectivity index is 1.87. The Kier molecular flexibility index (Phi) is 6.22. The van der Waals surface area contributed by atoms with E-state index in [0.717, 1.165) is 19.3 Å². The van der Waals surface area contributed by atoms with Crippen molar-refractivity contribution in [1.82, 2.24) is 9.21 Å². The molecule has 1 aliphatic carbocycles. The molecule has 2 aliphatic rings. The molecule has 1 saturated carbocycles. The lowest BCUT2D eigenvalue weighted by Crippen LogP contribution is -2.40. The maximum Gasteiger partial charge on any atom is 0.255 e. The minimum Gasteiger partial charge on any atom is -0.379 e. The first-order valence-electron chi connectivity index (χ1n) is 9.10. The molecule has 1 amide bonds.